The number of aryl methyl sites for hydroxylation is 1. The summed E-state index contributed by atoms with van der Waals surface area (Å²) < 4.78 is 0. The number of nitrogens with zero attached hydrogens (tertiary/aromatic N) is 2. The number of likely N-dealkylation sites (tertiary alicyclic amines) is 1. The normalized spacial score (nSPS) is 18.4. The Hall–Kier alpha value is -1.68. The van der Waals surface area contributed by atoms with Crippen molar-refractivity contribution in [3.8, 4) is 0 Å². The SMILES string of the molecule is O=C(CCc1cccs1)N1CCC[C@H](Cc2ccccn2)C1. The lowest BCUT2D eigenvalue weighted by atomic mass is 9.93. The van der Waals surface area contributed by atoms with E-state index in [1.807, 2.05) is 24.4 Å². The van der Waals surface area contributed by atoms with Gasteiger partial charge < -0.3 is 4.90 Å². The van der Waals surface area contributed by atoms with Crippen LogP contribution in [0.25, 0.3) is 0 Å². The largest absolute Gasteiger partial charge is 0.342 e. The van der Waals surface area contributed by atoms with Crippen LogP contribution in [0.4, 0.5) is 0 Å². The summed E-state index contributed by atoms with van der Waals surface area (Å²) in [6.45, 7) is 1.81. The Kier molecular flexibility index (Phi) is 5.22. The van der Waals surface area contributed by atoms with E-state index in [0.717, 1.165) is 38.0 Å². The van der Waals surface area contributed by atoms with E-state index in [2.05, 4.69) is 27.4 Å². The van der Waals surface area contributed by atoms with E-state index in [-0.39, 0.29) is 0 Å². The lowest BCUT2D eigenvalue weighted by Crippen LogP contribution is -2.40. The van der Waals surface area contributed by atoms with Crippen LogP contribution in [-0.4, -0.2) is 28.9 Å². The third-order valence-electron chi connectivity index (χ3n) is 4.26. The zero-order valence-corrected chi connectivity index (χ0v) is 13.6. The van der Waals surface area contributed by atoms with Crippen molar-refractivity contribution in [2.45, 2.75) is 32.1 Å². The molecule has 22 heavy (non-hydrogen) atoms. The maximum atomic E-state index is 12.4. The molecular weight excluding hydrogens is 292 g/mol. The molecule has 3 nitrogen and oxygen atoms in total. The quantitative estimate of drug-likeness (QED) is 0.845. The average Bonchev–Trinajstić information content (AvgIpc) is 3.07. The Morgan fingerprint density at radius 2 is 2.27 bits per heavy atom. The predicted molar refractivity (Wildman–Crippen MR) is 89.9 cm³/mol. The smallest absolute Gasteiger partial charge is 0.222 e. The molecule has 1 amide bonds. The molecule has 2 aromatic rings. The van der Waals surface area contributed by atoms with Crippen LogP contribution in [0.3, 0.4) is 0 Å². The fourth-order valence-electron chi connectivity index (χ4n) is 3.12. The molecule has 0 bridgehead atoms. The van der Waals surface area contributed by atoms with E-state index >= 15 is 0 Å². The summed E-state index contributed by atoms with van der Waals surface area (Å²) in [5, 5.41) is 2.07. The summed E-state index contributed by atoms with van der Waals surface area (Å²) >= 11 is 1.73. The van der Waals surface area contributed by atoms with Crippen LogP contribution < -0.4 is 0 Å². The third kappa shape index (κ3) is 4.17. The van der Waals surface area contributed by atoms with Gasteiger partial charge in [0, 0.05) is 36.3 Å². The number of piperidine rings is 1. The zero-order valence-electron chi connectivity index (χ0n) is 12.8. The first-order valence-electron chi connectivity index (χ1n) is 8.01. The van der Waals surface area contributed by atoms with Crippen LogP contribution in [0.15, 0.2) is 41.9 Å². The Bertz CT molecular complexity index is 582. The number of carbonyl (C=O) groups is 1. The molecule has 1 aliphatic heterocycles. The van der Waals surface area contributed by atoms with Crippen LogP contribution in [-0.2, 0) is 17.6 Å². The molecule has 0 spiro atoms. The van der Waals surface area contributed by atoms with E-state index in [9.17, 15) is 4.79 Å². The van der Waals surface area contributed by atoms with Crippen molar-refractivity contribution in [1.82, 2.24) is 9.88 Å². The minimum atomic E-state index is 0.305. The van der Waals surface area contributed by atoms with Crippen molar-refractivity contribution in [2.75, 3.05) is 13.1 Å². The van der Waals surface area contributed by atoms with Crippen LogP contribution in [0.5, 0.6) is 0 Å². The summed E-state index contributed by atoms with van der Waals surface area (Å²) in [6, 6.07) is 10.2. The Balaban J connectivity index is 1.50. The molecule has 0 aliphatic carbocycles. The van der Waals surface area contributed by atoms with E-state index in [1.165, 1.54) is 11.3 Å². The first-order chi connectivity index (χ1) is 10.8. The molecule has 0 radical (unpaired) electrons. The third-order valence-corrected chi connectivity index (χ3v) is 5.20. The molecule has 4 heteroatoms. The van der Waals surface area contributed by atoms with Gasteiger partial charge in [-0.3, -0.25) is 9.78 Å². The average molecular weight is 314 g/mol. The number of thiophene rings is 1. The fraction of sp³-hybridized carbons (Fsp3) is 0.444. The van der Waals surface area contributed by atoms with Gasteiger partial charge in [0.25, 0.3) is 0 Å². The number of amides is 1. The van der Waals surface area contributed by atoms with Gasteiger partial charge in [-0.15, -0.1) is 11.3 Å². The van der Waals surface area contributed by atoms with Crippen molar-refractivity contribution in [3.63, 3.8) is 0 Å². The second kappa shape index (κ2) is 7.54. The molecule has 0 saturated carbocycles. The van der Waals surface area contributed by atoms with Crippen LogP contribution >= 0.6 is 11.3 Å². The number of rotatable bonds is 5. The van der Waals surface area contributed by atoms with Crippen molar-refractivity contribution in [1.29, 1.82) is 0 Å². The number of aromatic nitrogens is 1. The maximum absolute atomic E-state index is 12.4. The number of pyridine rings is 1. The Morgan fingerprint density at radius 1 is 1.32 bits per heavy atom. The van der Waals surface area contributed by atoms with E-state index in [0.29, 0.717) is 18.2 Å². The zero-order chi connectivity index (χ0) is 15.2. The maximum Gasteiger partial charge on any atom is 0.222 e. The van der Waals surface area contributed by atoms with Crippen molar-refractivity contribution in [3.05, 3.63) is 52.5 Å². The molecule has 1 fully saturated rings. The van der Waals surface area contributed by atoms with Crippen molar-refractivity contribution in [2.24, 2.45) is 5.92 Å². The second-order valence-electron chi connectivity index (χ2n) is 5.95. The molecule has 3 heterocycles. The highest BCUT2D eigenvalue weighted by Gasteiger charge is 2.23. The first-order valence-corrected chi connectivity index (χ1v) is 8.89. The minimum absolute atomic E-state index is 0.305. The highest BCUT2D eigenvalue weighted by Crippen LogP contribution is 2.21. The van der Waals surface area contributed by atoms with Gasteiger partial charge >= 0.3 is 0 Å². The molecule has 3 rings (SSSR count). The Labute approximate surface area is 136 Å². The fourth-order valence-corrected chi connectivity index (χ4v) is 3.82. The molecule has 2 aromatic heterocycles. The number of hydrogen-bond acceptors (Lipinski definition) is 3. The molecule has 1 atom stereocenters. The first kappa shape index (κ1) is 15.2. The van der Waals surface area contributed by atoms with Crippen molar-refractivity contribution >= 4 is 17.2 Å². The standard InChI is InChI=1S/C18H22N2OS/c21-18(9-8-17-7-4-12-22-17)20-11-3-5-15(14-20)13-16-6-1-2-10-19-16/h1-2,4,6-7,10,12,15H,3,5,8-9,11,13-14H2/t15-/m1/s1. The molecule has 1 aliphatic rings. The second-order valence-corrected chi connectivity index (χ2v) is 6.98. The predicted octanol–water partition coefficient (Wildman–Crippen LogP) is 3.56. The lowest BCUT2D eigenvalue weighted by molar-refractivity contribution is -0.132. The van der Waals surface area contributed by atoms with Gasteiger partial charge in [-0.05, 0) is 55.2 Å². The van der Waals surface area contributed by atoms with Gasteiger partial charge in [-0.1, -0.05) is 12.1 Å². The monoisotopic (exact) mass is 314 g/mol. The van der Waals surface area contributed by atoms with Crippen molar-refractivity contribution < 1.29 is 4.79 Å². The number of hydrogen-bond donors (Lipinski definition) is 0. The molecule has 0 unspecified atom stereocenters. The number of carbonyl (C=O) groups excluding carboxylic acids is 1. The summed E-state index contributed by atoms with van der Waals surface area (Å²) in [4.78, 5) is 20.2. The molecule has 116 valence electrons. The van der Waals surface area contributed by atoms with Crippen LogP contribution in [0, 0.1) is 5.92 Å². The minimum Gasteiger partial charge on any atom is -0.342 e. The molecule has 0 aromatic carbocycles. The summed E-state index contributed by atoms with van der Waals surface area (Å²) in [5.74, 6) is 0.855. The van der Waals surface area contributed by atoms with Gasteiger partial charge in [0.1, 0.15) is 0 Å². The van der Waals surface area contributed by atoms with Gasteiger partial charge in [0.15, 0.2) is 0 Å². The highest BCUT2D eigenvalue weighted by atomic mass is 32.1. The topological polar surface area (TPSA) is 33.2 Å². The van der Waals surface area contributed by atoms with E-state index in [1.54, 1.807) is 11.3 Å². The summed E-state index contributed by atoms with van der Waals surface area (Å²) in [6.07, 6.45) is 6.65. The van der Waals surface area contributed by atoms with Gasteiger partial charge in [0.2, 0.25) is 5.91 Å². The summed E-state index contributed by atoms with van der Waals surface area (Å²) in [7, 11) is 0. The molecule has 0 N–H and O–H groups in total. The van der Waals surface area contributed by atoms with E-state index in [4.69, 9.17) is 0 Å². The summed E-state index contributed by atoms with van der Waals surface area (Å²) in [5.41, 5.74) is 1.14. The van der Waals surface area contributed by atoms with Gasteiger partial charge in [-0.25, -0.2) is 0 Å². The van der Waals surface area contributed by atoms with Gasteiger partial charge in [0.05, 0.1) is 0 Å². The van der Waals surface area contributed by atoms with Crippen LogP contribution in [0.1, 0.15) is 29.8 Å². The molecular formula is C18H22N2OS. The van der Waals surface area contributed by atoms with Gasteiger partial charge in [-0.2, -0.15) is 0 Å². The Morgan fingerprint density at radius 3 is 3.05 bits per heavy atom. The lowest BCUT2D eigenvalue weighted by Gasteiger charge is -2.32. The van der Waals surface area contributed by atoms with Crippen LogP contribution in [0.2, 0.25) is 0 Å². The molecule has 1 saturated heterocycles. The highest BCUT2D eigenvalue weighted by molar-refractivity contribution is 7.09. The van der Waals surface area contributed by atoms with E-state index < -0.39 is 0 Å².